The van der Waals surface area contributed by atoms with E-state index in [0.29, 0.717) is 12.8 Å². The van der Waals surface area contributed by atoms with Crippen LogP contribution in [0, 0.1) is 0 Å². The normalized spacial score (nSPS) is 21.8. The number of amidine groups is 1. The molecule has 0 amide bonds. The molecule has 1 saturated carbocycles. The third-order valence-electron chi connectivity index (χ3n) is 2.79. The highest BCUT2D eigenvalue weighted by Gasteiger charge is 2.41. The molecule has 0 heterocycles. The average Bonchev–Trinajstić information content (AvgIpc) is 2.65. The van der Waals surface area contributed by atoms with E-state index in [0.717, 1.165) is 12.8 Å². The van der Waals surface area contributed by atoms with Crippen molar-refractivity contribution in [3.05, 3.63) is 0 Å². The molecule has 1 aliphatic rings. The van der Waals surface area contributed by atoms with Gasteiger partial charge in [-0.05, 0) is 19.8 Å². The number of nitrogens with zero attached hydrogens (tertiary/aromatic N) is 1. The van der Waals surface area contributed by atoms with Gasteiger partial charge in [0, 0.05) is 0 Å². The van der Waals surface area contributed by atoms with E-state index in [2.05, 4.69) is 9.88 Å². The second kappa shape index (κ2) is 4.36. The molecule has 0 bridgehead atoms. The molecule has 4 N–H and O–H groups in total. The molecule has 0 spiro atoms. The first-order chi connectivity index (χ1) is 6.96. The first-order valence-electron chi connectivity index (χ1n) is 4.95. The number of oxime groups is 1. The zero-order valence-corrected chi connectivity index (χ0v) is 9.55. The van der Waals surface area contributed by atoms with Gasteiger partial charge in [-0.3, -0.25) is 0 Å². The molecule has 7 heteroatoms. The van der Waals surface area contributed by atoms with Gasteiger partial charge in [0.15, 0.2) is 5.84 Å². The van der Waals surface area contributed by atoms with Gasteiger partial charge in [-0.1, -0.05) is 18.0 Å². The van der Waals surface area contributed by atoms with Gasteiger partial charge in [0.05, 0.1) is 11.3 Å². The Kier molecular flexibility index (Phi) is 3.56. The van der Waals surface area contributed by atoms with Crippen molar-refractivity contribution in [3.63, 3.8) is 0 Å². The van der Waals surface area contributed by atoms with E-state index >= 15 is 0 Å². The molecule has 0 atom stereocenters. The minimum absolute atomic E-state index is 0.00649. The van der Waals surface area contributed by atoms with Crippen molar-refractivity contribution in [1.82, 2.24) is 4.72 Å². The molecule has 1 rings (SSSR count). The molecule has 1 fully saturated rings. The van der Waals surface area contributed by atoms with Crippen LogP contribution in [-0.4, -0.2) is 30.8 Å². The van der Waals surface area contributed by atoms with Crippen LogP contribution in [0.15, 0.2) is 5.16 Å². The maximum atomic E-state index is 11.5. The lowest BCUT2D eigenvalue weighted by Crippen LogP contribution is -2.55. The highest BCUT2D eigenvalue weighted by molar-refractivity contribution is 7.89. The highest BCUT2D eigenvalue weighted by atomic mass is 32.2. The third-order valence-corrected chi connectivity index (χ3v) is 4.25. The van der Waals surface area contributed by atoms with Crippen LogP contribution in [0.5, 0.6) is 0 Å². The van der Waals surface area contributed by atoms with Gasteiger partial charge in [-0.15, -0.1) is 0 Å². The molecule has 0 aromatic carbocycles. The zero-order chi connectivity index (χ0) is 11.5. The predicted octanol–water partition coefficient (Wildman–Crippen LogP) is -0.0151. The minimum Gasteiger partial charge on any atom is -0.409 e. The summed E-state index contributed by atoms with van der Waals surface area (Å²) < 4.78 is 25.5. The van der Waals surface area contributed by atoms with Crippen molar-refractivity contribution in [3.8, 4) is 0 Å². The summed E-state index contributed by atoms with van der Waals surface area (Å²) in [4.78, 5) is 0. The second-order valence-corrected chi connectivity index (χ2v) is 5.79. The molecule has 0 radical (unpaired) electrons. The Balaban J connectivity index is 2.94. The quantitative estimate of drug-likeness (QED) is 0.276. The average molecular weight is 235 g/mol. The molecule has 0 aliphatic heterocycles. The monoisotopic (exact) mass is 235 g/mol. The summed E-state index contributed by atoms with van der Waals surface area (Å²) in [5.41, 5.74) is 4.68. The van der Waals surface area contributed by atoms with Crippen LogP contribution in [-0.2, 0) is 10.0 Å². The summed E-state index contributed by atoms with van der Waals surface area (Å²) in [5.74, 6) is -0.0509. The molecule has 6 nitrogen and oxygen atoms in total. The van der Waals surface area contributed by atoms with E-state index in [1.807, 2.05) is 0 Å². The first-order valence-corrected chi connectivity index (χ1v) is 6.60. The van der Waals surface area contributed by atoms with Crippen molar-refractivity contribution in [2.24, 2.45) is 10.9 Å². The standard InChI is InChI=1S/C8H17N3O3S/c1-2-15(13,14)11-8(7(9)10-12)5-3-4-6-8/h11-12H,2-6H2,1H3,(H2,9,10). The maximum Gasteiger partial charge on any atom is 0.212 e. The van der Waals surface area contributed by atoms with Crippen LogP contribution >= 0.6 is 0 Å². The molecule has 0 aromatic heterocycles. The summed E-state index contributed by atoms with van der Waals surface area (Å²) in [6.07, 6.45) is 2.93. The molecule has 0 aromatic rings. The van der Waals surface area contributed by atoms with Crippen molar-refractivity contribution in [2.45, 2.75) is 38.1 Å². The molecule has 88 valence electrons. The van der Waals surface area contributed by atoms with Crippen LogP contribution < -0.4 is 10.5 Å². The van der Waals surface area contributed by atoms with Gasteiger partial charge in [-0.2, -0.15) is 0 Å². The van der Waals surface area contributed by atoms with Crippen LogP contribution in [0.25, 0.3) is 0 Å². The SMILES string of the molecule is CCS(=O)(=O)NC1(/C(N)=N/O)CCCC1. The van der Waals surface area contributed by atoms with E-state index in [4.69, 9.17) is 10.9 Å². The summed E-state index contributed by atoms with van der Waals surface area (Å²) in [6, 6.07) is 0. The van der Waals surface area contributed by atoms with Crippen LogP contribution in [0.3, 0.4) is 0 Å². The number of nitrogens with one attached hydrogen (secondary N) is 1. The fourth-order valence-electron chi connectivity index (χ4n) is 1.85. The molecule has 0 unspecified atom stereocenters. The summed E-state index contributed by atoms with van der Waals surface area (Å²) in [5, 5.41) is 11.6. The Morgan fingerprint density at radius 2 is 2.07 bits per heavy atom. The second-order valence-electron chi connectivity index (χ2n) is 3.78. The zero-order valence-electron chi connectivity index (χ0n) is 8.73. The first kappa shape index (κ1) is 12.3. The number of sulfonamides is 1. The van der Waals surface area contributed by atoms with Crippen molar-refractivity contribution < 1.29 is 13.6 Å². The van der Waals surface area contributed by atoms with Crippen LogP contribution in [0.4, 0.5) is 0 Å². The Morgan fingerprint density at radius 3 is 2.47 bits per heavy atom. The molecule has 15 heavy (non-hydrogen) atoms. The molecular formula is C8H17N3O3S. The van der Waals surface area contributed by atoms with Crippen molar-refractivity contribution in [2.75, 3.05) is 5.75 Å². The topological polar surface area (TPSA) is 105 Å². The minimum atomic E-state index is -3.34. The van der Waals surface area contributed by atoms with E-state index < -0.39 is 15.6 Å². The van der Waals surface area contributed by atoms with Crippen molar-refractivity contribution >= 4 is 15.9 Å². The van der Waals surface area contributed by atoms with Gasteiger partial charge in [0.25, 0.3) is 0 Å². The Labute approximate surface area is 89.6 Å². The Morgan fingerprint density at radius 1 is 1.53 bits per heavy atom. The number of rotatable bonds is 4. The number of hydrogen-bond donors (Lipinski definition) is 3. The molecule has 0 saturated heterocycles. The number of nitrogens with two attached hydrogens (primary N) is 1. The van der Waals surface area contributed by atoms with Gasteiger partial charge >= 0.3 is 0 Å². The van der Waals surface area contributed by atoms with Gasteiger partial charge in [-0.25, -0.2) is 13.1 Å². The Hall–Kier alpha value is -0.820. The maximum absolute atomic E-state index is 11.5. The van der Waals surface area contributed by atoms with Gasteiger partial charge in [0.2, 0.25) is 10.0 Å². The highest BCUT2D eigenvalue weighted by Crippen LogP contribution is 2.30. The van der Waals surface area contributed by atoms with Gasteiger partial charge in [0.1, 0.15) is 0 Å². The van der Waals surface area contributed by atoms with E-state index in [1.165, 1.54) is 0 Å². The predicted molar refractivity (Wildman–Crippen MR) is 57.2 cm³/mol. The fraction of sp³-hybridized carbons (Fsp3) is 0.875. The summed E-state index contributed by atoms with van der Waals surface area (Å²) >= 11 is 0. The van der Waals surface area contributed by atoms with Gasteiger partial charge < -0.3 is 10.9 Å². The molecular weight excluding hydrogens is 218 g/mol. The van der Waals surface area contributed by atoms with E-state index in [9.17, 15) is 8.42 Å². The molecule has 1 aliphatic carbocycles. The smallest absolute Gasteiger partial charge is 0.212 e. The third kappa shape index (κ3) is 2.60. The van der Waals surface area contributed by atoms with E-state index in [-0.39, 0.29) is 11.6 Å². The lowest BCUT2D eigenvalue weighted by molar-refractivity contribution is 0.310. The lowest BCUT2D eigenvalue weighted by Gasteiger charge is -2.27. The fourth-order valence-corrected chi connectivity index (χ4v) is 2.90. The largest absolute Gasteiger partial charge is 0.409 e. The number of hydrogen-bond acceptors (Lipinski definition) is 4. The summed E-state index contributed by atoms with van der Waals surface area (Å²) in [7, 11) is -3.34. The van der Waals surface area contributed by atoms with Crippen LogP contribution in [0.2, 0.25) is 0 Å². The Bertz CT molecular complexity index is 344. The lowest BCUT2D eigenvalue weighted by atomic mass is 9.98. The van der Waals surface area contributed by atoms with Crippen molar-refractivity contribution in [1.29, 1.82) is 0 Å². The van der Waals surface area contributed by atoms with Crippen LogP contribution in [0.1, 0.15) is 32.6 Å². The summed E-state index contributed by atoms with van der Waals surface area (Å²) in [6.45, 7) is 1.55. The van der Waals surface area contributed by atoms with E-state index in [1.54, 1.807) is 6.92 Å².